The van der Waals surface area contributed by atoms with Crippen LogP contribution in [0.1, 0.15) is 11.3 Å². The molecule has 1 amide bonds. The van der Waals surface area contributed by atoms with E-state index in [0.29, 0.717) is 24.5 Å². The Morgan fingerprint density at radius 1 is 1.44 bits per heavy atom. The number of ether oxygens (including phenoxy) is 1. The summed E-state index contributed by atoms with van der Waals surface area (Å²) in [7, 11) is 1.89. The molecule has 0 saturated heterocycles. The molecule has 0 aliphatic rings. The first kappa shape index (κ1) is 12.2. The molecule has 0 bridgehead atoms. The number of anilines is 1. The summed E-state index contributed by atoms with van der Waals surface area (Å²) >= 11 is 0. The normalized spacial score (nSPS) is 10.1. The first-order chi connectivity index (χ1) is 8.72. The third kappa shape index (κ3) is 2.51. The lowest BCUT2D eigenvalue weighted by molar-refractivity contribution is -0.105. The van der Waals surface area contributed by atoms with Crippen molar-refractivity contribution >= 4 is 12.1 Å². The average molecular weight is 245 g/mol. The monoisotopic (exact) mass is 245 g/mol. The van der Waals surface area contributed by atoms with Gasteiger partial charge in [-0.25, -0.2) is 0 Å². The van der Waals surface area contributed by atoms with Crippen LogP contribution in [0.2, 0.25) is 0 Å². The van der Waals surface area contributed by atoms with Crippen LogP contribution in [0.5, 0.6) is 5.75 Å². The van der Waals surface area contributed by atoms with E-state index in [9.17, 15) is 4.79 Å². The summed E-state index contributed by atoms with van der Waals surface area (Å²) in [5.74, 6) is 0.646. The molecule has 2 rings (SSSR count). The van der Waals surface area contributed by atoms with Crippen LogP contribution in [-0.4, -0.2) is 16.2 Å². The molecule has 0 spiro atoms. The van der Waals surface area contributed by atoms with Crippen molar-refractivity contribution in [3.8, 4) is 5.75 Å². The van der Waals surface area contributed by atoms with Gasteiger partial charge in [0.05, 0.1) is 11.9 Å². The second-order valence-electron chi connectivity index (χ2n) is 3.93. The molecule has 0 aliphatic heterocycles. The Kier molecular flexibility index (Phi) is 3.62. The van der Waals surface area contributed by atoms with Crippen LogP contribution in [-0.2, 0) is 18.4 Å². The molecular weight excluding hydrogens is 230 g/mol. The summed E-state index contributed by atoms with van der Waals surface area (Å²) in [6, 6.07) is 7.31. The van der Waals surface area contributed by atoms with E-state index in [1.165, 1.54) is 0 Å². The van der Waals surface area contributed by atoms with Crippen LogP contribution in [0.3, 0.4) is 0 Å². The Labute approximate surface area is 105 Å². The lowest BCUT2D eigenvalue weighted by Crippen LogP contribution is -2.02. The molecule has 0 fully saturated rings. The number of carbonyl (C=O) groups excluding carboxylic acids is 1. The molecule has 1 aromatic carbocycles. The van der Waals surface area contributed by atoms with Crippen molar-refractivity contribution in [1.29, 1.82) is 0 Å². The predicted octanol–water partition coefficient (Wildman–Crippen LogP) is 1.88. The van der Waals surface area contributed by atoms with Gasteiger partial charge in [-0.15, -0.1) is 0 Å². The van der Waals surface area contributed by atoms with E-state index in [1.54, 1.807) is 16.9 Å². The number of nitrogens with zero attached hydrogens (tertiary/aromatic N) is 2. The number of para-hydroxylation sites is 2. The second kappa shape index (κ2) is 5.35. The molecule has 94 valence electrons. The molecule has 5 nitrogen and oxygen atoms in total. The van der Waals surface area contributed by atoms with Crippen molar-refractivity contribution in [3.05, 3.63) is 41.7 Å². The second-order valence-corrected chi connectivity index (χ2v) is 3.93. The maximum absolute atomic E-state index is 10.5. The summed E-state index contributed by atoms with van der Waals surface area (Å²) in [5, 5.41) is 6.76. The zero-order valence-corrected chi connectivity index (χ0v) is 10.4. The zero-order valence-electron chi connectivity index (χ0n) is 10.4. The van der Waals surface area contributed by atoms with Crippen molar-refractivity contribution in [3.63, 3.8) is 0 Å². The Morgan fingerprint density at radius 2 is 2.22 bits per heavy atom. The lowest BCUT2D eigenvalue weighted by atomic mass is 10.2. The van der Waals surface area contributed by atoms with E-state index in [0.717, 1.165) is 11.3 Å². The fourth-order valence-corrected chi connectivity index (χ4v) is 1.62. The number of hydrogen-bond donors (Lipinski definition) is 1. The smallest absolute Gasteiger partial charge is 0.211 e. The molecule has 1 N–H and O–H groups in total. The van der Waals surface area contributed by atoms with Gasteiger partial charge in [0, 0.05) is 18.3 Å². The van der Waals surface area contributed by atoms with Crippen LogP contribution in [0, 0.1) is 6.92 Å². The maximum Gasteiger partial charge on any atom is 0.211 e. The summed E-state index contributed by atoms with van der Waals surface area (Å²) < 4.78 is 7.50. The van der Waals surface area contributed by atoms with E-state index < -0.39 is 0 Å². The Bertz CT molecular complexity index is 549. The van der Waals surface area contributed by atoms with Gasteiger partial charge in [-0.05, 0) is 19.1 Å². The first-order valence-electron chi connectivity index (χ1n) is 5.62. The molecule has 1 heterocycles. The Hall–Kier alpha value is -2.30. The van der Waals surface area contributed by atoms with E-state index in [4.69, 9.17) is 4.74 Å². The number of amides is 1. The van der Waals surface area contributed by atoms with Gasteiger partial charge in [-0.2, -0.15) is 5.10 Å². The average Bonchev–Trinajstić information content (AvgIpc) is 2.70. The van der Waals surface area contributed by atoms with E-state index in [1.807, 2.05) is 32.2 Å². The molecule has 0 unspecified atom stereocenters. The fourth-order valence-electron chi connectivity index (χ4n) is 1.62. The minimum atomic E-state index is 0.428. The van der Waals surface area contributed by atoms with Gasteiger partial charge in [-0.3, -0.25) is 9.48 Å². The lowest BCUT2D eigenvalue weighted by Gasteiger charge is -2.10. The fraction of sp³-hybridized carbons (Fsp3) is 0.231. The SMILES string of the molecule is Cc1c(COc2ccccc2NC=O)cnn1C. The number of carbonyl (C=O) groups is 1. The van der Waals surface area contributed by atoms with Crippen LogP contribution in [0.15, 0.2) is 30.5 Å². The minimum Gasteiger partial charge on any atom is -0.487 e. The molecule has 0 saturated carbocycles. The topological polar surface area (TPSA) is 56.1 Å². The molecular formula is C13H15N3O2. The van der Waals surface area contributed by atoms with Crippen molar-refractivity contribution in [2.75, 3.05) is 5.32 Å². The van der Waals surface area contributed by atoms with E-state index >= 15 is 0 Å². The molecule has 5 heteroatoms. The summed E-state index contributed by atoms with van der Waals surface area (Å²) in [4.78, 5) is 10.5. The number of rotatable bonds is 5. The number of aromatic nitrogens is 2. The highest BCUT2D eigenvalue weighted by Crippen LogP contribution is 2.24. The van der Waals surface area contributed by atoms with Gasteiger partial charge in [-0.1, -0.05) is 12.1 Å². The van der Waals surface area contributed by atoms with Crippen molar-refractivity contribution in [2.45, 2.75) is 13.5 Å². The highest BCUT2D eigenvalue weighted by Gasteiger charge is 2.06. The Morgan fingerprint density at radius 3 is 2.89 bits per heavy atom. The van der Waals surface area contributed by atoms with Crippen molar-refractivity contribution < 1.29 is 9.53 Å². The third-order valence-electron chi connectivity index (χ3n) is 2.82. The molecule has 0 radical (unpaired) electrons. The molecule has 1 aromatic heterocycles. The van der Waals surface area contributed by atoms with Crippen molar-refractivity contribution in [2.24, 2.45) is 7.05 Å². The third-order valence-corrected chi connectivity index (χ3v) is 2.82. The van der Waals surface area contributed by atoms with Crippen LogP contribution in [0.4, 0.5) is 5.69 Å². The number of nitrogens with one attached hydrogen (secondary N) is 1. The number of benzene rings is 1. The first-order valence-corrected chi connectivity index (χ1v) is 5.62. The number of hydrogen-bond acceptors (Lipinski definition) is 3. The van der Waals surface area contributed by atoms with Crippen LogP contribution in [0.25, 0.3) is 0 Å². The Balaban J connectivity index is 2.10. The van der Waals surface area contributed by atoms with Crippen molar-refractivity contribution in [1.82, 2.24) is 9.78 Å². The van der Waals surface area contributed by atoms with Gasteiger partial charge in [0.2, 0.25) is 6.41 Å². The summed E-state index contributed by atoms with van der Waals surface area (Å²) in [5.41, 5.74) is 2.75. The van der Waals surface area contributed by atoms with Gasteiger partial charge < -0.3 is 10.1 Å². The predicted molar refractivity (Wildman–Crippen MR) is 68.4 cm³/mol. The number of aryl methyl sites for hydroxylation is 1. The van der Waals surface area contributed by atoms with Crippen LogP contribution < -0.4 is 10.1 Å². The van der Waals surface area contributed by atoms with Gasteiger partial charge in [0.25, 0.3) is 0 Å². The zero-order chi connectivity index (χ0) is 13.0. The summed E-state index contributed by atoms with van der Waals surface area (Å²) in [6.45, 7) is 2.42. The standard InChI is InChI=1S/C13H15N3O2/c1-10-11(7-15-16(10)2)8-18-13-6-4-3-5-12(13)14-9-17/h3-7,9H,8H2,1-2H3,(H,14,17). The van der Waals surface area contributed by atoms with Crippen LogP contribution >= 0.6 is 0 Å². The molecule has 2 aromatic rings. The van der Waals surface area contributed by atoms with E-state index in [-0.39, 0.29) is 0 Å². The maximum atomic E-state index is 10.5. The largest absolute Gasteiger partial charge is 0.487 e. The highest BCUT2D eigenvalue weighted by molar-refractivity contribution is 5.75. The van der Waals surface area contributed by atoms with Gasteiger partial charge in [0.1, 0.15) is 12.4 Å². The molecule has 0 atom stereocenters. The summed E-state index contributed by atoms with van der Waals surface area (Å²) in [6.07, 6.45) is 2.42. The minimum absolute atomic E-state index is 0.428. The quantitative estimate of drug-likeness (QED) is 0.818. The molecule has 18 heavy (non-hydrogen) atoms. The highest BCUT2D eigenvalue weighted by atomic mass is 16.5. The molecule has 0 aliphatic carbocycles. The van der Waals surface area contributed by atoms with E-state index in [2.05, 4.69) is 10.4 Å². The van der Waals surface area contributed by atoms with Gasteiger partial charge >= 0.3 is 0 Å². The van der Waals surface area contributed by atoms with Gasteiger partial charge in [0.15, 0.2) is 0 Å².